The van der Waals surface area contributed by atoms with Crippen LogP contribution in [0.15, 0.2) is 58.5 Å². The SMILES string of the molecule is Cc1cccc(NC(=O)Cc2nc(-c3cc(C)n(Cc4ccco4)c3C)cs2)c1. The number of amides is 1. The van der Waals surface area contributed by atoms with Gasteiger partial charge in [0.25, 0.3) is 0 Å². The second kappa shape index (κ2) is 8.09. The van der Waals surface area contributed by atoms with Crippen LogP contribution >= 0.6 is 11.3 Å². The van der Waals surface area contributed by atoms with Gasteiger partial charge in [0, 0.05) is 28.0 Å². The van der Waals surface area contributed by atoms with Crippen LogP contribution in [0.3, 0.4) is 0 Å². The van der Waals surface area contributed by atoms with Crippen LogP contribution in [0.5, 0.6) is 0 Å². The molecule has 148 valence electrons. The van der Waals surface area contributed by atoms with E-state index in [4.69, 9.17) is 9.40 Å². The van der Waals surface area contributed by atoms with Crippen LogP contribution in [0, 0.1) is 20.8 Å². The molecule has 0 saturated heterocycles. The Morgan fingerprint density at radius 1 is 1.17 bits per heavy atom. The van der Waals surface area contributed by atoms with Crippen molar-refractivity contribution in [3.63, 3.8) is 0 Å². The van der Waals surface area contributed by atoms with Gasteiger partial charge < -0.3 is 14.3 Å². The van der Waals surface area contributed by atoms with E-state index in [0.717, 1.165) is 44.7 Å². The van der Waals surface area contributed by atoms with Gasteiger partial charge in [-0.25, -0.2) is 4.98 Å². The number of carbonyl (C=O) groups is 1. The fraction of sp³-hybridized carbons (Fsp3) is 0.217. The van der Waals surface area contributed by atoms with Gasteiger partial charge in [0.15, 0.2) is 0 Å². The van der Waals surface area contributed by atoms with Crippen LogP contribution < -0.4 is 5.32 Å². The van der Waals surface area contributed by atoms with E-state index in [1.54, 1.807) is 6.26 Å². The molecule has 0 spiro atoms. The number of thiazole rings is 1. The van der Waals surface area contributed by atoms with Crippen molar-refractivity contribution in [3.05, 3.63) is 81.8 Å². The molecule has 4 rings (SSSR count). The third-order valence-corrected chi connectivity index (χ3v) is 5.76. The summed E-state index contributed by atoms with van der Waals surface area (Å²) in [5.74, 6) is 0.866. The predicted molar refractivity (Wildman–Crippen MR) is 116 cm³/mol. The molecule has 0 bridgehead atoms. The summed E-state index contributed by atoms with van der Waals surface area (Å²) < 4.78 is 7.71. The van der Waals surface area contributed by atoms with Gasteiger partial charge in [0.05, 0.1) is 24.9 Å². The Hall–Kier alpha value is -3.12. The van der Waals surface area contributed by atoms with Crippen molar-refractivity contribution >= 4 is 22.9 Å². The first kappa shape index (κ1) is 19.2. The first-order valence-electron chi connectivity index (χ1n) is 9.50. The third-order valence-electron chi connectivity index (χ3n) is 4.91. The first-order valence-corrected chi connectivity index (χ1v) is 10.4. The summed E-state index contributed by atoms with van der Waals surface area (Å²) in [4.78, 5) is 17.1. The summed E-state index contributed by atoms with van der Waals surface area (Å²) in [5.41, 5.74) is 6.22. The smallest absolute Gasteiger partial charge is 0.231 e. The Balaban J connectivity index is 1.48. The Bertz CT molecular complexity index is 1140. The molecule has 6 heteroatoms. The maximum Gasteiger partial charge on any atom is 0.231 e. The van der Waals surface area contributed by atoms with Gasteiger partial charge in [0.2, 0.25) is 5.91 Å². The number of benzene rings is 1. The molecule has 0 aliphatic carbocycles. The first-order chi connectivity index (χ1) is 14.0. The minimum atomic E-state index is -0.0557. The minimum Gasteiger partial charge on any atom is -0.467 e. The van der Waals surface area contributed by atoms with Crippen molar-refractivity contribution in [3.8, 4) is 11.3 Å². The van der Waals surface area contributed by atoms with Crippen molar-refractivity contribution in [2.45, 2.75) is 33.7 Å². The molecule has 29 heavy (non-hydrogen) atoms. The second-order valence-corrected chi connectivity index (χ2v) is 8.11. The van der Waals surface area contributed by atoms with Crippen molar-refractivity contribution in [2.24, 2.45) is 0 Å². The monoisotopic (exact) mass is 405 g/mol. The molecule has 3 aromatic heterocycles. The van der Waals surface area contributed by atoms with Crippen LogP contribution in [-0.2, 0) is 17.8 Å². The lowest BCUT2D eigenvalue weighted by Gasteiger charge is -2.07. The van der Waals surface area contributed by atoms with Gasteiger partial charge in [-0.05, 0) is 56.7 Å². The number of hydrogen-bond donors (Lipinski definition) is 1. The van der Waals surface area contributed by atoms with Crippen molar-refractivity contribution in [1.82, 2.24) is 9.55 Å². The number of hydrogen-bond acceptors (Lipinski definition) is 4. The lowest BCUT2D eigenvalue weighted by molar-refractivity contribution is -0.115. The largest absolute Gasteiger partial charge is 0.467 e. The van der Waals surface area contributed by atoms with E-state index < -0.39 is 0 Å². The van der Waals surface area contributed by atoms with Crippen LogP contribution in [0.2, 0.25) is 0 Å². The molecule has 0 atom stereocenters. The van der Waals surface area contributed by atoms with E-state index in [1.165, 1.54) is 11.3 Å². The molecule has 1 N–H and O–H groups in total. The van der Waals surface area contributed by atoms with Gasteiger partial charge >= 0.3 is 0 Å². The molecule has 0 unspecified atom stereocenters. The quantitative estimate of drug-likeness (QED) is 0.470. The van der Waals surface area contributed by atoms with E-state index in [1.807, 2.05) is 48.7 Å². The summed E-state index contributed by atoms with van der Waals surface area (Å²) in [6.45, 7) is 6.88. The van der Waals surface area contributed by atoms with Gasteiger partial charge in [-0.2, -0.15) is 0 Å². The van der Waals surface area contributed by atoms with E-state index in [-0.39, 0.29) is 12.3 Å². The van der Waals surface area contributed by atoms with Gasteiger partial charge in [0.1, 0.15) is 10.8 Å². The van der Waals surface area contributed by atoms with Crippen LogP contribution in [-0.4, -0.2) is 15.5 Å². The van der Waals surface area contributed by atoms with E-state index >= 15 is 0 Å². The topological polar surface area (TPSA) is 60.1 Å². The second-order valence-electron chi connectivity index (χ2n) is 7.17. The number of furan rings is 1. The fourth-order valence-corrected chi connectivity index (χ4v) is 4.24. The van der Waals surface area contributed by atoms with E-state index in [2.05, 4.69) is 29.8 Å². The molecule has 0 aliphatic rings. The summed E-state index contributed by atoms with van der Waals surface area (Å²) >= 11 is 1.52. The molecule has 4 aromatic rings. The highest BCUT2D eigenvalue weighted by Gasteiger charge is 2.16. The molecular weight excluding hydrogens is 382 g/mol. The third kappa shape index (κ3) is 4.32. The highest BCUT2D eigenvalue weighted by atomic mass is 32.1. The molecular formula is C23H23N3O2S. The molecule has 0 saturated carbocycles. The standard InChI is InChI=1S/C23H23N3O2S/c1-15-6-4-7-18(10-15)24-22(27)12-23-25-21(14-29-23)20-11-16(2)26(17(20)3)13-19-8-5-9-28-19/h4-11,14H,12-13H2,1-3H3,(H,24,27). The number of rotatable bonds is 6. The predicted octanol–water partition coefficient (Wildman–Crippen LogP) is 5.36. The average Bonchev–Trinajstić information content (AvgIpc) is 3.40. The Labute approximate surface area is 174 Å². The summed E-state index contributed by atoms with van der Waals surface area (Å²) in [5, 5.41) is 5.77. The molecule has 3 heterocycles. The van der Waals surface area contributed by atoms with Crippen molar-refractivity contribution in [1.29, 1.82) is 0 Å². The number of aromatic nitrogens is 2. The van der Waals surface area contributed by atoms with Gasteiger partial charge in [-0.15, -0.1) is 11.3 Å². The molecule has 1 aromatic carbocycles. The van der Waals surface area contributed by atoms with Gasteiger partial charge in [-0.1, -0.05) is 12.1 Å². The molecule has 0 radical (unpaired) electrons. The van der Waals surface area contributed by atoms with E-state index in [0.29, 0.717) is 6.54 Å². The number of nitrogens with zero attached hydrogens (tertiary/aromatic N) is 2. The molecule has 0 aliphatic heterocycles. The van der Waals surface area contributed by atoms with Crippen LogP contribution in [0.25, 0.3) is 11.3 Å². The number of nitrogens with one attached hydrogen (secondary N) is 1. The van der Waals surface area contributed by atoms with Crippen molar-refractivity contribution < 1.29 is 9.21 Å². The van der Waals surface area contributed by atoms with Crippen LogP contribution in [0.1, 0.15) is 27.7 Å². The van der Waals surface area contributed by atoms with Crippen molar-refractivity contribution in [2.75, 3.05) is 5.32 Å². The van der Waals surface area contributed by atoms with E-state index in [9.17, 15) is 4.79 Å². The maximum absolute atomic E-state index is 12.4. The van der Waals surface area contributed by atoms with Gasteiger partial charge in [-0.3, -0.25) is 4.79 Å². The number of aryl methyl sites for hydroxylation is 2. The van der Waals surface area contributed by atoms with Crippen LogP contribution in [0.4, 0.5) is 5.69 Å². The minimum absolute atomic E-state index is 0.0557. The highest BCUT2D eigenvalue weighted by molar-refractivity contribution is 7.10. The zero-order valence-electron chi connectivity index (χ0n) is 16.7. The summed E-state index contributed by atoms with van der Waals surface area (Å²) in [6.07, 6.45) is 1.96. The Morgan fingerprint density at radius 2 is 2.03 bits per heavy atom. The molecule has 1 amide bonds. The number of carbonyl (C=O) groups excluding carboxylic acids is 1. The number of anilines is 1. The Kier molecular flexibility index (Phi) is 5.36. The lowest BCUT2D eigenvalue weighted by Crippen LogP contribution is -2.14. The maximum atomic E-state index is 12.4. The average molecular weight is 406 g/mol. The summed E-state index contributed by atoms with van der Waals surface area (Å²) in [6, 6.07) is 13.8. The molecule has 5 nitrogen and oxygen atoms in total. The normalized spacial score (nSPS) is 11.0. The molecule has 0 fully saturated rings. The highest BCUT2D eigenvalue weighted by Crippen LogP contribution is 2.29. The fourth-order valence-electron chi connectivity index (χ4n) is 3.44. The zero-order chi connectivity index (χ0) is 20.4. The summed E-state index contributed by atoms with van der Waals surface area (Å²) in [7, 11) is 0. The lowest BCUT2D eigenvalue weighted by atomic mass is 10.2. The Morgan fingerprint density at radius 3 is 2.79 bits per heavy atom. The zero-order valence-corrected chi connectivity index (χ0v) is 17.5.